The molecule has 3 rings (SSSR count). The molecule has 0 spiro atoms. The maximum atomic E-state index is 12.6. The van der Waals surface area contributed by atoms with Gasteiger partial charge in [-0.15, -0.1) is 0 Å². The molecule has 9 heteroatoms. The highest BCUT2D eigenvalue weighted by Gasteiger charge is 2.34. The standard InChI is InChI=1S/C12H8F3N3O3/c13-12(14,15)9-4-10(18-11(16)17-9)21-6-1-2-7-8(3-6)20-5-19-7/h1-4H,5H2,(H2,16,17,18). The van der Waals surface area contributed by atoms with Gasteiger partial charge in [0.05, 0.1) is 0 Å². The van der Waals surface area contributed by atoms with Crippen LogP contribution in [0.1, 0.15) is 5.69 Å². The van der Waals surface area contributed by atoms with E-state index in [2.05, 4.69) is 9.97 Å². The van der Waals surface area contributed by atoms with Crippen LogP contribution in [-0.2, 0) is 6.18 Å². The van der Waals surface area contributed by atoms with Crippen molar-refractivity contribution in [2.24, 2.45) is 0 Å². The second-order valence-electron chi connectivity index (χ2n) is 4.06. The molecule has 1 aliphatic heterocycles. The number of halogens is 3. The minimum Gasteiger partial charge on any atom is -0.454 e. The summed E-state index contributed by atoms with van der Waals surface area (Å²) in [6.45, 7) is 0.0808. The first-order chi connectivity index (χ1) is 9.91. The van der Waals surface area contributed by atoms with Crippen molar-refractivity contribution < 1.29 is 27.4 Å². The van der Waals surface area contributed by atoms with Crippen LogP contribution >= 0.6 is 0 Å². The second-order valence-corrected chi connectivity index (χ2v) is 4.06. The van der Waals surface area contributed by atoms with E-state index in [4.69, 9.17) is 19.9 Å². The van der Waals surface area contributed by atoms with Gasteiger partial charge in [-0.25, -0.2) is 4.98 Å². The van der Waals surface area contributed by atoms with E-state index in [1.54, 1.807) is 6.07 Å². The van der Waals surface area contributed by atoms with Gasteiger partial charge in [-0.1, -0.05) is 0 Å². The number of nitrogens with zero attached hydrogens (tertiary/aromatic N) is 2. The van der Waals surface area contributed by atoms with Crippen LogP contribution in [0.25, 0.3) is 0 Å². The van der Waals surface area contributed by atoms with Gasteiger partial charge in [0.2, 0.25) is 18.6 Å². The molecule has 2 heterocycles. The molecule has 0 unspecified atom stereocenters. The molecular weight excluding hydrogens is 291 g/mol. The molecule has 1 aliphatic rings. The number of aromatic nitrogens is 2. The largest absolute Gasteiger partial charge is 0.454 e. The van der Waals surface area contributed by atoms with Crippen LogP contribution in [0.15, 0.2) is 24.3 Å². The van der Waals surface area contributed by atoms with E-state index in [0.29, 0.717) is 17.6 Å². The van der Waals surface area contributed by atoms with E-state index in [1.165, 1.54) is 12.1 Å². The van der Waals surface area contributed by atoms with E-state index >= 15 is 0 Å². The fourth-order valence-corrected chi connectivity index (χ4v) is 1.70. The molecule has 0 radical (unpaired) electrons. The van der Waals surface area contributed by atoms with Crippen molar-refractivity contribution in [3.8, 4) is 23.1 Å². The van der Waals surface area contributed by atoms with Crippen LogP contribution in [0.5, 0.6) is 23.1 Å². The average Bonchev–Trinajstić information content (AvgIpc) is 2.84. The molecule has 21 heavy (non-hydrogen) atoms. The summed E-state index contributed by atoms with van der Waals surface area (Å²) in [5, 5.41) is 0. The second kappa shape index (κ2) is 4.69. The summed E-state index contributed by atoms with van der Waals surface area (Å²) in [5.41, 5.74) is 4.08. The van der Waals surface area contributed by atoms with Gasteiger partial charge < -0.3 is 19.9 Å². The molecule has 110 valence electrons. The Hall–Kier alpha value is -2.71. The van der Waals surface area contributed by atoms with Crippen LogP contribution in [-0.4, -0.2) is 16.8 Å². The highest BCUT2D eigenvalue weighted by atomic mass is 19.4. The van der Waals surface area contributed by atoms with Crippen LogP contribution in [0, 0.1) is 0 Å². The first-order valence-electron chi connectivity index (χ1n) is 5.71. The summed E-state index contributed by atoms with van der Waals surface area (Å²) < 4.78 is 53.4. The summed E-state index contributed by atoms with van der Waals surface area (Å²) in [6, 6.07) is 5.24. The third-order valence-electron chi connectivity index (χ3n) is 2.58. The molecule has 0 saturated heterocycles. The highest BCUT2D eigenvalue weighted by Crippen LogP contribution is 2.37. The zero-order chi connectivity index (χ0) is 15.0. The smallest absolute Gasteiger partial charge is 0.433 e. The van der Waals surface area contributed by atoms with Crippen molar-refractivity contribution in [2.75, 3.05) is 12.5 Å². The van der Waals surface area contributed by atoms with E-state index in [1.807, 2.05) is 0 Å². The van der Waals surface area contributed by atoms with E-state index in [-0.39, 0.29) is 18.4 Å². The first kappa shape index (κ1) is 13.3. The Kier molecular flexibility index (Phi) is 2.96. The summed E-state index contributed by atoms with van der Waals surface area (Å²) in [7, 11) is 0. The molecule has 1 aromatic carbocycles. The number of benzene rings is 1. The Morgan fingerprint density at radius 3 is 2.62 bits per heavy atom. The SMILES string of the molecule is Nc1nc(Oc2ccc3c(c2)OCO3)cc(C(F)(F)F)n1. The van der Waals surface area contributed by atoms with Crippen molar-refractivity contribution in [3.63, 3.8) is 0 Å². The number of fused-ring (bicyclic) bond motifs is 1. The van der Waals surface area contributed by atoms with Gasteiger partial charge in [-0.3, -0.25) is 0 Å². The number of alkyl halides is 3. The van der Waals surface area contributed by atoms with Gasteiger partial charge >= 0.3 is 6.18 Å². The summed E-state index contributed by atoms with van der Waals surface area (Å²) in [4.78, 5) is 6.73. The fraction of sp³-hybridized carbons (Fsp3) is 0.167. The maximum absolute atomic E-state index is 12.6. The molecule has 6 nitrogen and oxygen atoms in total. The average molecular weight is 299 g/mol. The van der Waals surface area contributed by atoms with E-state index in [0.717, 1.165) is 0 Å². The lowest BCUT2D eigenvalue weighted by molar-refractivity contribution is -0.141. The van der Waals surface area contributed by atoms with Gasteiger partial charge in [0.15, 0.2) is 17.2 Å². The van der Waals surface area contributed by atoms with Crippen LogP contribution in [0.2, 0.25) is 0 Å². The Bertz CT molecular complexity index is 691. The Balaban J connectivity index is 1.89. The zero-order valence-electron chi connectivity index (χ0n) is 10.3. The molecule has 0 amide bonds. The number of ether oxygens (including phenoxy) is 3. The van der Waals surface area contributed by atoms with Gasteiger partial charge in [-0.2, -0.15) is 18.2 Å². The number of hydrogen-bond acceptors (Lipinski definition) is 6. The molecule has 0 atom stereocenters. The van der Waals surface area contributed by atoms with Crippen molar-refractivity contribution in [1.29, 1.82) is 0 Å². The van der Waals surface area contributed by atoms with E-state index < -0.39 is 17.8 Å². The van der Waals surface area contributed by atoms with Crippen LogP contribution in [0.4, 0.5) is 19.1 Å². The molecule has 0 saturated carbocycles. The van der Waals surface area contributed by atoms with Crippen molar-refractivity contribution in [1.82, 2.24) is 9.97 Å². The van der Waals surface area contributed by atoms with Crippen LogP contribution < -0.4 is 19.9 Å². The van der Waals surface area contributed by atoms with Gasteiger partial charge in [-0.05, 0) is 12.1 Å². The lowest BCUT2D eigenvalue weighted by Gasteiger charge is -2.09. The minimum absolute atomic E-state index is 0.0808. The van der Waals surface area contributed by atoms with Gasteiger partial charge in [0.1, 0.15) is 5.75 Å². The number of hydrogen-bond donors (Lipinski definition) is 1. The Labute approximate surface area is 116 Å². The predicted octanol–water partition coefficient (Wildman–Crippen LogP) is 2.60. The zero-order valence-corrected chi connectivity index (χ0v) is 10.3. The minimum atomic E-state index is -4.63. The molecule has 2 N–H and O–H groups in total. The van der Waals surface area contributed by atoms with Crippen molar-refractivity contribution in [3.05, 3.63) is 30.0 Å². The lowest BCUT2D eigenvalue weighted by atomic mass is 10.3. The summed E-state index contributed by atoms with van der Waals surface area (Å²) in [5.74, 6) is 0.367. The molecular formula is C12H8F3N3O3. The predicted molar refractivity (Wildman–Crippen MR) is 64.1 cm³/mol. The third-order valence-corrected chi connectivity index (χ3v) is 2.58. The normalized spacial score (nSPS) is 13.3. The maximum Gasteiger partial charge on any atom is 0.433 e. The monoisotopic (exact) mass is 299 g/mol. The summed E-state index contributed by atoms with van der Waals surface area (Å²) >= 11 is 0. The fourth-order valence-electron chi connectivity index (χ4n) is 1.70. The number of rotatable bonds is 2. The Morgan fingerprint density at radius 1 is 1.10 bits per heavy atom. The lowest BCUT2D eigenvalue weighted by Crippen LogP contribution is -2.11. The highest BCUT2D eigenvalue weighted by molar-refractivity contribution is 5.47. The van der Waals surface area contributed by atoms with Gasteiger partial charge in [0, 0.05) is 12.1 Å². The molecule has 0 bridgehead atoms. The molecule has 0 fully saturated rings. The quantitative estimate of drug-likeness (QED) is 0.918. The number of nitrogen functional groups attached to an aromatic ring is 1. The topological polar surface area (TPSA) is 79.5 Å². The third kappa shape index (κ3) is 2.76. The number of anilines is 1. The van der Waals surface area contributed by atoms with E-state index in [9.17, 15) is 13.2 Å². The van der Waals surface area contributed by atoms with Gasteiger partial charge in [0.25, 0.3) is 0 Å². The van der Waals surface area contributed by atoms with Crippen molar-refractivity contribution >= 4 is 5.95 Å². The molecule has 0 aliphatic carbocycles. The first-order valence-corrected chi connectivity index (χ1v) is 5.71. The van der Waals surface area contributed by atoms with Crippen molar-refractivity contribution in [2.45, 2.75) is 6.18 Å². The Morgan fingerprint density at radius 2 is 1.86 bits per heavy atom. The summed E-state index contributed by atoms with van der Waals surface area (Å²) in [6.07, 6.45) is -4.63. The molecule has 2 aromatic rings. The molecule has 1 aromatic heterocycles. The number of nitrogens with two attached hydrogens (primary N) is 1. The van der Waals surface area contributed by atoms with Crippen LogP contribution in [0.3, 0.4) is 0 Å².